The van der Waals surface area contributed by atoms with Gasteiger partial charge in [-0.1, -0.05) is 5.16 Å². The van der Waals surface area contributed by atoms with Crippen LogP contribution >= 0.6 is 11.3 Å². The number of hydrogen-bond acceptors (Lipinski definition) is 5. The van der Waals surface area contributed by atoms with E-state index in [1.54, 1.807) is 6.20 Å². The fourth-order valence-electron chi connectivity index (χ4n) is 1.26. The zero-order valence-corrected chi connectivity index (χ0v) is 11.2. The summed E-state index contributed by atoms with van der Waals surface area (Å²) in [5, 5.41) is 13.0. The van der Waals surface area contributed by atoms with E-state index in [0.29, 0.717) is 5.57 Å². The number of nitriles is 1. The summed E-state index contributed by atoms with van der Waals surface area (Å²) >= 11 is 1.53. The second kappa shape index (κ2) is 6.06. The molecule has 0 amide bonds. The van der Waals surface area contributed by atoms with Crippen LogP contribution in [0, 0.1) is 11.3 Å². The summed E-state index contributed by atoms with van der Waals surface area (Å²) in [4.78, 5) is 8.51. The monoisotopic (exact) mass is 249 g/mol. The van der Waals surface area contributed by atoms with Crippen LogP contribution in [0.3, 0.4) is 0 Å². The van der Waals surface area contributed by atoms with E-state index >= 15 is 0 Å². The molecule has 5 heteroatoms. The highest BCUT2D eigenvalue weighted by molar-refractivity contribution is 7.15. The summed E-state index contributed by atoms with van der Waals surface area (Å²) in [6.07, 6.45) is 1.80. The third kappa shape index (κ3) is 3.61. The molecule has 1 aromatic rings. The number of nitrogens with zero attached hydrogens (tertiary/aromatic N) is 3. The average molecular weight is 249 g/mol. The van der Waals surface area contributed by atoms with Crippen LogP contribution in [0.1, 0.15) is 16.7 Å². The maximum atomic E-state index is 9.09. The molecule has 90 valence electrons. The van der Waals surface area contributed by atoms with Crippen molar-refractivity contribution in [3.63, 3.8) is 0 Å². The predicted molar refractivity (Wildman–Crippen MR) is 70.8 cm³/mol. The smallest absolute Gasteiger partial charge is 0.106 e. The van der Waals surface area contributed by atoms with E-state index in [0.717, 1.165) is 15.5 Å². The Morgan fingerprint density at radius 1 is 1.47 bits per heavy atom. The fraction of sp³-hybridized carbons (Fsp3) is 0.333. The summed E-state index contributed by atoms with van der Waals surface area (Å²) < 4.78 is 0. The Balaban J connectivity index is 3.03. The molecule has 1 rings (SSSR count). The molecule has 0 N–H and O–H groups in total. The minimum absolute atomic E-state index is 0.650. The molecule has 1 aromatic heterocycles. The van der Waals surface area contributed by atoms with Gasteiger partial charge in [0.15, 0.2) is 0 Å². The molecule has 0 radical (unpaired) electrons. The second-order valence-electron chi connectivity index (χ2n) is 3.64. The minimum Gasteiger partial charge on any atom is -0.399 e. The Labute approximate surface area is 105 Å². The largest absolute Gasteiger partial charge is 0.399 e. The molecule has 0 aliphatic rings. The zero-order valence-electron chi connectivity index (χ0n) is 10.4. The maximum Gasteiger partial charge on any atom is 0.106 e. The molecular formula is C12H15N3OS. The molecule has 17 heavy (non-hydrogen) atoms. The van der Waals surface area contributed by atoms with Gasteiger partial charge in [-0.05, 0) is 19.1 Å². The molecule has 0 atom stereocenters. The summed E-state index contributed by atoms with van der Waals surface area (Å²) in [5.41, 5.74) is 1.46. The van der Waals surface area contributed by atoms with Crippen molar-refractivity contribution in [2.24, 2.45) is 5.16 Å². The van der Waals surface area contributed by atoms with Gasteiger partial charge in [0, 0.05) is 25.2 Å². The van der Waals surface area contributed by atoms with Gasteiger partial charge < -0.3 is 9.74 Å². The van der Waals surface area contributed by atoms with Crippen molar-refractivity contribution in [3.05, 3.63) is 28.1 Å². The zero-order chi connectivity index (χ0) is 12.8. The van der Waals surface area contributed by atoms with Crippen molar-refractivity contribution in [1.29, 1.82) is 5.26 Å². The van der Waals surface area contributed by atoms with Gasteiger partial charge in [0.2, 0.25) is 0 Å². The van der Waals surface area contributed by atoms with E-state index in [-0.39, 0.29) is 0 Å². The lowest BCUT2D eigenvalue weighted by Crippen LogP contribution is -2.01. The summed E-state index contributed by atoms with van der Waals surface area (Å²) in [7, 11) is 5.30. The van der Waals surface area contributed by atoms with Crippen LogP contribution in [-0.2, 0) is 4.84 Å². The van der Waals surface area contributed by atoms with E-state index in [1.165, 1.54) is 18.4 Å². The van der Waals surface area contributed by atoms with Crippen LogP contribution in [0.4, 0.5) is 0 Å². The quantitative estimate of drug-likeness (QED) is 0.468. The number of allylic oxidation sites excluding steroid dienone is 1. The third-order valence-electron chi connectivity index (χ3n) is 1.96. The first kappa shape index (κ1) is 13.3. The maximum absolute atomic E-state index is 9.09. The van der Waals surface area contributed by atoms with E-state index in [1.807, 2.05) is 38.1 Å². The van der Waals surface area contributed by atoms with Gasteiger partial charge in [0.05, 0.1) is 16.2 Å². The van der Waals surface area contributed by atoms with E-state index in [2.05, 4.69) is 11.2 Å². The molecule has 0 fully saturated rings. The van der Waals surface area contributed by atoms with Gasteiger partial charge in [0.1, 0.15) is 13.2 Å². The molecule has 0 saturated heterocycles. The van der Waals surface area contributed by atoms with Crippen molar-refractivity contribution in [2.45, 2.75) is 6.92 Å². The van der Waals surface area contributed by atoms with Gasteiger partial charge >= 0.3 is 0 Å². The highest BCUT2D eigenvalue weighted by Crippen LogP contribution is 2.24. The summed E-state index contributed by atoms with van der Waals surface area (Å²) in [6.45, 7) is 1.88. The summed E-state index contributed by atoms with van der Waals surface area (Å²) in [5.74, 6) is 0. The molecule has 4 nitrogen and oxygen atoms in total. The molecule has 0 unspecified atom stereocenters. The first-order valence-electron chi connectivity index (χ1n) is 5.05. The summed E-state index contributed by atoms with van der Waals surface area (Å²) in [6, 6.07) is 6.06. The number of thiophene rings is 1. The van der Waals surface area contributed by atoms with Crippen LogP contribution in [0.25, 0.3) is 5.57 Å². The highest BCUT2D eigenvalue weighted by atomic mass is 32.1. The van der Waals surface area contributed by atoms with Gasteiger partial charge in [-0.15, -0.1) is 11.3 Å². The Kier molecular flexibility index (Phi) is 4.73. The van der Waals surface area contributed by atoms with Crippen LogP contribution < -0.4 is 0 Å². The topological polar surface area (TPSA) is 48.6 Å². The lowest BCUT2D eigenvalue weighted by Gasteiger charge is -2.04. The standard InChI is InChI=1S/C12H15N3OS/c1-9(14-16-4)11-5-6-12(17-11)10(7-13)8-15(2)3/h5-6,8H,1-4H3. The van der Waals surface area contributed by atoms with Crippen molar-refractivity contribution in [3.8, 4) is 6.07 Å². The Morgan fingerprint density at radius 2 is 2.12 bits per heavy atom. The predicted octanol–water partition coefficient (Wildman–Crippen LogP) is 2.54. The molecule has 0 spiro atoms. The molecule has 0 aromatic carbocycles. The van der Waals surface area contributed by atoms with Crippen molar-refractivity contribution < 1.29 is 4.84 Å². The first-order valence-corrected chi connectivity index (χ1v) is 5.86. The Morgan fingerprint density at radius 3 is 2.65 bits per heavy atom. The van der Waals surface area contributed by atoms with Gasteiger partial charge in [0.25, 0.3) is 0 Å². The second-order valence-corrected chi connectivity index (χ2v) is 4.73. The van der Waals surface area contributed by atoms with Crippen molar-refractivity contribution in [1.82, 2.24) is 4.90 Å². The number of oxime groups is 1. The van der Waals surface area contributed by atoms with Crippen molar-refractivity contribution >= 4 is 22.6 Å². The van der Waals surface area contributed by atoms with Gasteiger partial charge in [-0.25, -0.2) is 0 Å². The average Bonchev–Trinajstić information content (AvgIpc) is 2.75. The van der Waals surface area contributed by atoms with E-state index < -0.39 is 0 Å². The molecule has 0 aliphatic heterocycles. The normalized spacial score (nSPS) is 12.2. The molecule has 0 aliphatic carbocycles. The molecule has 0 bridgehead atoms. The third-order valence-corrected chi connectivity index (χ3v) is 3.19. The van der Waals surface area contributed by atoms with Crippen LogP contribution in [-0.4, -0.2) is 31.8 Å². The van der Waals surface area contributed by atoms with E-state index in [9.17, 15) is 0 Å². The van der Waals surface area contributed by atoms with E-state index in [4.69, 9.17) is 10.1 Å². The Hall–Kier alpha value is -1.80. The fourth-order valence-corrected chi connectivity index (χ4v) is 2.17. The van der Waals surface area contributed by atoms with Gasteiger partial charge in [-0.2, -0.15) is 5.26 Å². The minimum atomic E-state index is 0.650. The lowest BCUT2D eigenvalue weighted by molar-refractivity contribution is 0.213. The first-order chi connectivity index (χ1) is 8.08. The Bertz CT molecular complexity index is 480. The molecular weight excluding hydrogens is 234 g/mol. The number of hydrogen-bond donors (Lipinski definition) is 0. The van der Waals surface area contributed by atoms with Crippen LogP contribution in [0.2, 0.25) is 0 Å². The van der Waals surface area contributed by atoms with Crippen molar-refractivity contribution in [2.75, 3.05) is 21.2 Å². The molecule has 1 heterocycles. The van der Waals surface area contributed by atoms with Crippen LogP contribution in [0.5, 0.6) is 0 Å². The van der Waals surface area contributed by atoms with Gasteiger partial charge in [-0.3, -0.25) is 0 Å². The SMILES string of the molecule is CON=C(C)c1ccc(C(C#N)=CN(C)C)s1. The lowest BCUT2D eigenvalue weighted by atomic mass is 10.2. The van der Waals surface area contributed by atoms with Crippen LogP contribution in [0.15, 0.2) is 23.5 Å². The molecule has 0 saturated carbocycles. The highest BCUT2D eigenvalue weighted by Gasteiger charge is 2.07. The number of rotatable bonds is 4.